The predicted octanol–water partition coefficient (Wildman–Crippen LogP) is 2.16. The number of amides is 2. The van der Waals surface area contributed by atoms with Crippen LogP contribution in [0.5, 0.6) is 0 Å². The number of fused-ring (bicyclic) bond motifs is 1. The maximum absolute atomic E-state index is 12.7. The van der Waals surface area contributed by atoms with E-state index in [1.165, 1.54) is 4.90 Å². The maximum Gasteiger partial charge on any atom is 0.411 e. The van der Waals surface area contributed by atoms with Crippen molar-refractivity contribution >= 4 is 35.0 Å². The zero-order chi connectivity index (χ0) is 18.7. The van der Waals surface area contributed by atoms with Gasteiger partial charge in [0.15, 0.2) is 0 Å². The van der Waals surface area contributed by atoms with Crippen molar-refractivity contribution in [2.75, 3.05) is 18.7 Å². The first-order chi connectivity index (χ1) is 12.5. The average Bonchev–Trinajstić information content (AvgIpc) is 2.73. The Hall–Kier alpha value is -2.90. The number of benzene rings is 2. The van der Waals surface area contributed by atoms with Gasteiger partial charge in [0.2, 0.25) is 0 Å². The van der Waals surface area contributed by atoms with E-state index < -0.39 is 25.0 Å². The number of aliphatic imine (C=N–C) groups is 1. The minimum absolute atomic E-state index is 0.475. The van der Waals surface area contributed by atoms with Crippen LogP contribution in [-0.2, 0) is 9.53 Å². The minimum Gasteiger partial charge on any atom is -0.414 e. The van der Waals surface area contributed by atoms with Crippen LogP contribution in [0.3, 0.4) is 0 Å². The summed E-state index contributed by atoms with van der Waals surface area (Å²) in [6.07, 6.45) is -2.34. The van der Waals surface area contributed by atoms with Gasteiger partial charge >= 0.3 is 6.09 Å². The first-order valence-electron chi connectivity index (χ1n) is 7.77. The monoisotopic (exact) mass is 373 g/mol. The molecule has 1 atom stereocenters. The highest BCUT2D eigenvalue weighted by atomic mass is 35.5. The fourth-order valence-corrected chi connectivity index (χ4v) is 2.80. The van der Waals surface area contributed by atoms with Crippen molar-refractivity contribution in [2.24, 2.45) is 4.99 Å². The van der Waals surface area contributed by atoms with Gasteiger partial charge < -0.3 is 14.7 Å². The molecule has 0 aromatic heterocycles. The number of hydrogen-bond donors (Lipinski definition) is 2. The van der Waals surface area contributed by atoms with Crippen molar-refractivity contribution in [2.45, 2.75) is 6.23 Å². The van der Waals surface area contributed by atoms with Gasteiger partial charge in [0.1, 0.15) is 6.73 Å². The molecule has 3 rings (SSSR count). The molecule has 0 fully saturated rings. The Bertz CT molecular complexity index is 870. The quantitative estimate of drug-likeness (QED) is 0.806. The highest BCUT2D eigenvalue weighted by Crippen LogP contribution is 2.30. The molecule has 0 bridgehead atoms. The van der Waals surface area contributed by atoms with Crippen molar-refractivity contribution in [3.8, 4) is 0 Å². The van der Waals surface area contributed by atoms with Gasteiger partial charge in [-0.3, -0.25) is 10.1 Å². The lowest BCUT2D eigenvalue weighted by Crippen LogP contribution is -2.40. The van der Waals surface area contributed by atoms with Gasteiger partial charge in [-0.1, -0.05) is 41.9 Å². The van der Waals surface area contributed by atoms with Crippen molar-refractivity contribution < 1.29 is 19.4 Å². The molecule has 0 radical (unpaired) electrons. The lowest BCUT2D eigenvalue weighted by Gasteiger charge is -2.20. The maximum atomic E-state index is 12.7. The lowest BCUT2D eigenvalue weighted by atomic mass is 10.0. The number of anilines is 1. The molecule has 2 amide bonds. The topological polar surface area (TPSA) is 91.2 Å². The van der Waals surface area contributed by atoms with E-state index in [1.54, 1.807) is 25.2 Å². The number of carbonyl (C=O) groups excluding carboxylic acids is 2. The Kier molecular flexibility index (Phi) is 5.20. The fraction of sp³-hybridized carbons (Fsp3) is 0.167. The highest BCUT2D eigenvalue weighted by molar-refractivity contribution is 6.32. The van der Waals surface area contributed by atoms with Crippen LogP contribution in [0.2, 0.25) is 5.02 Å². The summed E-state index contributed by atoms with van der Waals surface area (Å²) in [5.74, 6) is -0.521. The molecule has 0 spiro atoms. The highest BCUT2D eigenvalue weighted by Gasteiger charge is 2.32. The average molecular weight is 374 g/mol. The van der Waals surface area contributed by atoms with E-state index in [1.807, 2.05) is 30.3 Å². The number of ether oxygens (including phenoxy) is 1. The number of aliphatic hydroxyl groups excluding tert-OH is 1. The van der Waals surface area contributed by atoms with Crippen LogP contribution >= 0.6 is 11.6 Å². The summed E-state index contributed by atoms with van der Waals surface area (Å²) in [7, 11) is 1.57. The van der Waals surface area contributed by atoms with Crippen LogP contribution in [0, 0.1) is 0 Å². The van der Waals surface area contributed by atoms with Crippen LogP contribution < -0.4 is 10.2 Å². The number of halogens is 1. The minimum atomic E-state index is -1.40. The predicted molar refractivity (Wildman–Crippen MR) is 97.4 cm³/mol. The molecule has 1 aliphatic heterocycles. The standard InChI is InChI=1S/C18H16ClN3O4/c1-22-14-8-7-12(19)9-13(14)15(11-5-3-2-4-6-11)21-16(17(22)24)26-18(25)20-10-23/h2-9,16,23H,10H2,1H3,(H,20,25). The lowest BCUT2D eigenvalue weighted by molar-refractivity contribution is -0.126. The molecule has 2 aromatic carbocycles. The third kappa shape index (κ3) is 3.54. The molecular weight excluding hydrogens is 358 g/mol. The molecule has 0 aliphatic carbocycles. The Labute approximate surface area is 154 Å². The molecule has 0 saturated heterocycles. The van der Waals surface area contributed by atoms with E-state index in [9.17, 15) is 9.59 Å². The van der Waals surface area contributed by atoms with E-state index in [0.717, 1.165) is 5.56 Å². The van der Waals surface area contributed by atoms with Crippen LogP contribution in [-0.4, -0.2) is 42.8 Å². The Morgan fingerprint density at radius 2 is 2.04 bits per heavy atom. The molecule has 1 aliphatic rings. The van der Waals surface area contributed by atoms with Crippen LogP contribution in [0.25, 0.3) is 0 Å². The summed E-state index contributed by atoms with van der Waals surface area (Å²) in [5.41, 5.74) is 2.46. The Morgan fingerprint density at radius 1 is 1.31 bits per heavy atom. The number of alkyl carbamates (subject to hydrolysis) is 1. The first-order valence-corrected chi connectivity index (χ1v) is 8.15. The number of likely N-dealkylation sites (N-methyl/N-ethyl adjacent to an activating group) is 1. The SMILES string of the molecule is CN1C(=O)C(OC(=O)NCO)N=C(c2ccccc2)c2cc(Cl)ccc21. The van der Waals surface area contributed by atoms with E-state index in [4.69, 9.17) is 21.4 Å². The van der Waals surface area contributed by atoms with Crippen molar-refractivity contribution in [1.29, 1.82) is 0 Å². The summed E-state index contributed by atoms with van der Waals surface area (Å²) in [6.45, 7) is -0.610. The van der Waals surface area contributed by atoms with Gasteiger partial charge in [-0.25, -0.2) is 9.79 Å². The number of nitrogens with one attached hydrogen (secondary N) is 1. The van der Waals surface area contributed by atoms with E-state index in [0.29, 0.717) is 22.0 Å². The second-order valence-electron chi connectivity index (χ2n) is 5.50. The van der Waals surface area contributed by atoms with Gasteiger partial charge in [-0.2, -0.15) is 0 Å². The first kappa shape index (κ1) is 17.9. The van der Waals surface area contributed by atoms with Crippen LogP contribution in [0.15, 0.2) is 53.5 Å². The van der Waals surface area contributed by atoms with E-state index in [2.05, 4.69) is 10.3 Å². The number of aliphatic hydroxyl groups is 1. The Balaban J connectivity index is 2.14. The largest absolute Gasteiger partial charge is 0.414 e. The van der Waals surface area contributed by atoms with Crippen molar-refractivity contribution in [1.82, 2.24) is 5.32 Å². The molecule has 7 nitrogen and oxygen atoms in total. The summed E-state index contributed by atoms with van der Waals surface area (Å²) in [6, 6.07) is 14.3. The molecule has 26 heavy (non-hydrogen) atoms. The summed E-state index contributed by atoms with van der Waals surface area (Å²) in [4.78, 5) is 30.2. The molecule has 1 unspecified atom stereocenters. The summed E-state index contributed by atoms with van der Waals surface area (Å²) in [5, 5.41) is 11.3. The molecule has 8 heteroatoms. The van der Waals surface area contributed by atoms with E-state index >= 15 is 0 Å². The molecule has 134 valence electrons. The molecule has 0 saturated carbocycles. The third-order valence-electron chi connectivity index (χ3n) is 3.85. The fourth-order valence-electron chi connectivity index (χ4n) is 2.63. The third-order valence-corrected chi connectivity index (χ3v) is 4.09. The second kappa shape index (κ2) is 7.55. The molecule has 1 heterocycles. The number of nitrogens with zero attached hydrogens (tertiary/aromatic N) is 2. The zero-order valence-electron chi connectivity index (χ0n) is 13.8. The number of carbonyl (C=O) groups is 2. The number of hydrogen-bond acceptors (Lipinski definition) is 5. The van der Waals surface area contributed by atoms with E-state index in [-0.39, 0.29) is 0 Å². The summed E-state index contributed by atoms with van der Waals surface area (Å²) < 4.78 is 5.09. The number of rotatable bonds is 3. The molecule has 2 aromatic rings. The van der Waals surface area contributed by atoms with Gasteiger partial charge in [-0.15, -0.1) is 0 Å². The van der Waals surface area contributed by atoms with Gasteiger partial charge in [-0.05, 0) is 18.2 Å². The van der Waals surface area contributed by atoms with Crippen molar-refractivity contribution in [3.63, 3.8) is 0 Å². The zero-order valence-corrected chi connectivity index (χ0v) is 14.6. The van der Waals surface area contributed by atoms with Crippen LogP contribution in [0.4, 0.5) is 10.5 Å². The smallest absolute Gasteiger partial charge is 0.411 e. The van der Waals surface area contributed by atoms with Gasteiger partial charge in [0.25, 0.3) is 12.1 Å². The second-order valence-corrected chi connectivity index (χ2v) is 5.93. The molecular formula is C18H16ClN3O4. The summed E-state index contributed by atoms with van der Waals surface area (Å²) >= 11 is 6.15. The van der Waals surface area contributed by atoms with Gasteiger partial charge in [0.05, 0.1) is 11.4 Å². The van der Waals surface area contributed by atoms with Crippen molar-refractivity contribution in [3.05, 3.63) is 64.7 Å². The van der Waals surface area contributed by atoms with Crippen LogP contribution in [0.1, 0.15) is 11.1 Å². The Morgan fingerprint density at radius 3 is 2.73 bits per heavy atom. The molecule has 2 N–H and O–H groups in total. The van der Waals surface area contributed by atoms with Gasteiger partial charge in [0, 0.05) is 23.2 Å². The normalized spacial score (nSPS) is 16.4. The number of benzodiazepines with no additional fused rings is 1.